The van der Waals surface area contributed by atoms with Gasteiger partial charge in [-0.25, -0.2) is 0 Å². The van der Waals surface area contributed by atoms with Gasteiger partial charge < -0.3 is 0 Å². The van der Waals surface area contributed by atoms with Crippen LogP contribution in [-0.2, 0) is 9.59 Å². The Kier molecular flexibility index (Phi) is 4.29. The van der Waals surface area contributed by atoms with Crippen LogP contribution in [0.15, 0.2) is 0 Å². The summed E-state index contributed by atoms with van der Waals surface area (Å²) in [5.41, 5.74) is -3.52. The van der Waals surface area contributed by atoms with Crippen molar-refractivity contribution >= 4 is 29.3 Å². The molecule has 0 bridgehead atoms. The number of benzene rings is 1. The number of nitrogens with zero attached hydrogens (tertiary/aromatic N) is 2. The summed E-state index contributed by atoms with van der Waals surface area (Å²) < 4.78 is 0. The van der Waals surface area contributed by atoms with Crippen molar-refractivity contribution in [2.24, 2.45) is 10.8 Å². The van der Waals surface area contributed by atoms with Gasteiger partial charge in [-0.2, -0.15) is 0 Å². The van der Waals surface area contributed by atoms with E-state index in [0.717, 1.165) is 4.90 Å². The molecule has 30 heavy (non-hydrogen) atoms. The molecule has 0 aliphatic carbocycles. The molecular weight excluding hydrogens is 390 g/mol. The predicted octanol–water partition coefficient (Wildman–Crippen LogP) is 2.58. The van der Waals surface area contributed by atoms with E-state index in [4.69, 9.17) is 0 Å². The van der Waals surface area contributed by atoms with E-state index in [-0.39, 0.29) is 11.1 Å². The van der Waals surface area contributed by atoms with Crippen molar-refractivity contribution in [3.8, 4) is 0 Å². The first kappa shape index (κ1) is 21.6. The van der Waals surface area contributed by atoms with Gasteiger partial charge in [0, 0.05) is 11.0 Å². The monoisotopic (exact) mass is 415 g/mol. The van der Waals surface area contributed by atoms with Gasteiger partial charge in [-0.1, -0.05) is 27.7 Å². The Balaban J connectivity index is 2.36. The van der Waals surface area contributed by atoms with Crippen LogP contribution >= 0.6 is 0 Å². The highest BCUT2D eigenvalue weighted by atomic mass is 16.6. The van der Waals surface area contributed by atoms with E-state index in [9.17, 15) is 29.3 Å². The van der Waals surface area contributed by atoms with Gasteiger partial charge in [0.1, 0.15) is 11.1 Å². The van der Waals surface area contributed by atoms with Gasteiger partial charge in [-0.05, 0) is 38.8 Å². The van der Waals surface area contributed by atoms with Crippen molar-refractivity contribution in [3.63, 3.8) is 0 Å². The van der Waals surface area contributed by atoms with Gasteiger partial charge in [0.25, 0.3) is 23.4 Å². The molecular formula is C21H25N3O6. The Labute approximate surface area is 174 Å². The maximum Gasteiger partial charge on any atom is 0.286 e. The lowest BCUT2D eigenvalue weighted by Gasteiger charge is -2.56. The molecule has 2 aliphatic rings. The summed E-state index contributed by atoms with van der Waals surface area (Å²) in [5, 5.41) is 14.1. The minimum absolute atomic E-state index is 0.0608. The quantitative estimate of drug-likeness (QED) is 0.449. The second-order valence-corrected chi connectivity index (χ2v) is 9.28. The van der Waals surface area contributed by atoms with Gasteiger partial charge in [-0.15, -0.1) is 0 Å². The highest BCUT2D eigenvalue weighted by Gasteiger charge is 2.68. The molecule has 1 aromatic rings. The number of fused-ring (bicyclic) bond motifs is 1. The lowest BCUT2D eigenvalue weighted by atomic mass is 9.54. The van der Waals surface area contributed by atoms with E-state index in [1.54, 1.807) is 41.5 Å². The molecule has 1 aromatic carbocycles. The molecule has 0 radical (unpaired) electrons. The number of carbonyl (C=O) groups excluding carboxylic acids is 4. The molecule has 1 N–H and O–H groups in total. The third-order valence-corrected chi connectivity index (χ3v) is 7.82. The predicted molar refractivity (Wildman–Crippen MR) is 107 cm³/mol. The number of nitro benzene ring substituents is 1. The van der Waals surface area contributed by atoms with Gasteiger partial charge in [-0.3, -0.25) is 39.5 Å². The van der Waals surface area contributed by atoms with Crippen LogP contribution in [-0.4, -0.2) is 39.0 Å². The SMILES string of the molecule is Cc1c(C)c2c(c([N+](=O)[O-])c1C)C(=O)N(C1(C)C(=O)NC(=O)C(C)(C)C1(C)C)C2=O. The van der Waals surface area contributed by atoms with Crippen LogP contribution in [0.4, 0.5) is 5.69 Å². The van der Waals surface area contributed by atoms with E-state index in [1.807, 2.05) is 0 Å². The fraction of sp³-hybridized carbons (Fsp3) is 0.524. The Morgan fingerprint density at radius 2 is 1.30 bits per heavy atom. The van der Waals surface area contributed by atoms with Crippen LogP contribution < -0.4 is 5.32 Å². The lowest BCUT2D eigenvalue weighted by Crippen LogP contribution is -2.75. The summed E-state index contributed by atoms with van der Waals surface area (Å²) in [4.78, 5) is 64.5. The summed E-state index contributed by atoms with van der Waals surface area (Å²) in [6, 6.07) is 0. The molecule has 0 spiro atoms. The van der Waals surface area contributed by atoms with Crippen molar-refractivity contribution in [3.05, 3.63) is 37.9 Å². The number of nitrogens with one attached hydrogen (secondary N) is 1. The first-order valence-electron chi connectivity index (χ1n) is 9.58. The second-order valence-electron chi connectivity index (χ2n) is 9.28. The zero-order chi connectivity index (χ0) is 23.1. The Bertz CT molecular complexity index is 1080. The van der Waals surface area contributed by atoms with E-state index >= 15 is 0 Å². The number of amides is 4. The van der Waals surface area contributed by atoms with E-state index < -0.39 is 50.6 Å². The highest BCUT2D eigenvalue weighted by molar-refractivity contribution is 6.27. The van der Waals surface area contributed by atoms with Crippen molar-refractivity contribution in [2.75, 3.05) is 0 Å². The van der Waals surface area contributed by atoms with Crippen LogP contribution in [0.25, 0.3) is 0 Å². The fourth-order valence-corrected chi connectivity index (χ4v) is 4.50. The molecule has 0 aromatic heterocycles. The molecule has 160 valence electrons. The van der Waals surface area contributed by atoms with Crippen molar-refractivity contribution in [1.82, 2.24) is 10.2 Å². The first-order chi connectivity index (χ1) is 13.5. The van der Waals surface area contributed by atoms with Crippen molar-refractivity contribution in [2.45, 2.75) is 60.9 Å². The number of piperidine rings is 1. The normalized spacial score (nSPS) is 24.7. The standard InChI is InChI=1S/C21H25N3O6/c1-9-10(2)12-13(14(11(9)3)24(29)30)16(26)23(15(12)25)21(8)18(28)22-17(27)19(4,5)20(21,6)7/h1-8H3,(H,22,27,28). The molecule has 1 atom stereocenters. The minimum Gasteiger partial charge on any atom is -0.294 e. The number of nitro groups is 1. The van der Waals surface area contributed by atoms with Crippen LogP contribution in [0.3, 0.4) is 0 Å². The van der Waals surface area contributed by atoms with Crippen molar-refractivity contribution in [1.29, 1.82) is 0 Å². The Hall–Kier alpha value is -3.10. The van der Waals surface area contributed by atoms with E-state index in [1.165, 1.54) is 13.8 Å². The van der Waals surface area contributed by atoms with Gasteiger partial charge in [0.15, 0.2) is 0 Å². The van der Waals surface area contributed by atoms with Crippen LogP contribution in [0.5, 0.6) is 0 Å². The zero-order valence-corrected chi connectivity index (χ0v) is 18.3. The molecule has 2 aliphatic heterocycles. The van der Waals surface area contributed by atoms with Gasteiger partial charge in [0.05, 0.1) is 15.9 Å². The summed E-state index contributed by atoms with van der Waals surface area (Å²) >= 11 is 0. The Morgan fingerprint density at radius 3 is 1.80 bits per heavy atom. The van der Waals surface area contributed by atoms with Crippen LogP contribution in [0, 0.1) is 41.7 Å². The molecule has 2 heterocycles. The second kappa shape index (κ2) is 5.96. The maximum atomic E-state index is 13.5. The summed E-state index contributed by atoms with van der Waals surface area (Å²) in [7, 11) is 0. The lowest BCUT2D eigenvalue weighted by molar-refractivity contribution is -0.385. The minimum atomic E-state index is -1.75. The smallest absolute Gasteiger partial charge is 0.286 e. The third-order valence-electron chi connectivity index (χ3n) is 7.82. The fourth-order valence-electron chi connectivity index (χ4n) is 4.50. The summed E-state index contributed by atoms with van der Waals surface area (Å²) in [6.45, 7) is 12.8. The van der Waals surface area contributed by atoms with E-state index in [2.05, 4.69) is 5.32 Å². The third kappa shape index (κ3) is 2.17. The molecule has 9 heteroatoms. The number of hydrogen-bond donors (Lipinski definition) is 1. The van der Waals surface area contributed by atoms with Gasteiger partial charge >= 0.3 is 0 Å². The average molecular weight is 415 g/mol. The first-order valence-corrected chi connectivity index (χ1v) is 9.58. The van der Waals surface area contributed by atoms with Gasteiger partial charge in [0.2, 0.25) is 5.91 Å². The van der Waals surface area contributed by atoms with Crippen LogP contribution in [0.2, 0.25) is 0 Å². The topological polar surface area (TPSA) is 127 Å². The molecule has 9 nitrogen and oxygen atoms in total. The highest BCUT2D eigenvalue weighted by Crippen LogP contribution is 2.54. The number of imide groups is 2. The van der Waals surface area contributed by atoms with Crippen molar-refractivity contribution < 1.29 is 24.1 Å². The molecule has 1 unspecified atom stereocenters. The molecule has 3 rings (SSSR count). The zero-order valence-electron chi connectivity index (χ0n) is 18.3. The largest absolute Gasteiger partial charge is 0.294 e. The Morgan fingerprint density at radius 1 is 0.800 bits per heavy atom. The summed E-state index contributed by atoms with van der Waals surface area (Å²) in [6.07, 6.45) is 0. The number of hydrogen-bond acceptors (Lipinski definition) is 6. The molecule has 0 saturated carbocycles. The number of rotatable bonds is 2. The average Bonchev–Trinajstić information content (AvgIpc) is 2.88. The molecule has 4 amide bonds. The van der Waals surface area contributed by atoms with E-state index in [0.29, 0.717) is 16.7 Å². The van der Waals surface area contributed by atoms with Crippen LogP contribution in [0.1, 0.15) is 72.0 Å². The molecule has 1 saturated heterocycles. The maximum absolute atomic E-state index is 13.5. The molecule has 1 fully saturated rings. The summed E-state index contributed by atoms with van der Waals surface area (Å²) in [5.74, 6) is -2.97. The number of carbonyl (C=O) groups is 4.